The average Bonchev–Trinajstić information content (AvgIpc) is 2.91. The number of nitrogens with one attached hydrogen (secondary N) is 2. The molecule has 0 bridgehead atoms. The van der Waals surface area contributed by atoms with Gasteiger partial charge in [0.05, 0.1) is 11.0 Å². The van der Waals surface area contributed by atoms with Crippen molar-refractivity contribution in [1.29, 1.82) is 0 Å². The van der Waals surface area contributed by atoms with Crippen LogP contribution < -0.4 is 20.4 Å². The van der Waals surface area contributed by atoms with Crippen LogP contribution in [0.4, 0.5) is 22.7 Å². The van der Waals surface area contributed by atoms with E-state index in [9.17, 15) is 4.79 Å². The molecule has 8 heteroatoms. The van der Waals surface area contributed by atoms with Gasteiger partial charge in [0.25, 0.3) is 5.91 Å². The number of hydrogen-bond donors (Lipinski definition) is 2. The van der Waals surface area contributed by atoms with Crippen LogP contribution in [0, 0.1) is 13.8 Å². The van der Waals surface area contributed by atoms with Crippen LogP contribution >= 0.6 is 0 Å². The first-order chi connectivity index (χ1) is 18.7. The van der Waals surface area contributed by atoms with Gasteiger partial charge in [-0.3, -0.25) is 19.7 Å². The summed E-state index contributed by atoms with van der Waals surface area (Å²) in [4.78, 5) is 30.8. The van der Waals surface area contributed by atoms with Crippen molar-refractivity contribution in [2.75, 3.05) is 48.6 Å². The van der Waals surface area contributed by atoms with Crippen molar-refractivity contribution in [2.45, 2.75) is 20.4 Å². The molecule has 0 fully saturated rings. The highest BCUT2D eigenvalue weighted by Gasteiger charge is 2.12. The predicted molar refractivity (Wildman–Crippen MR) is 161 cm³/mol. The third kappa shape index (κ3) is 5.60. The van der Waals surface area contributed by atoms with Crippen LogP contribution in [0.2, 0.25) is 0 Å². The van der Waals surface area contributed by atoms with Gasteiger partial charge < -0.3 is 20.4 Å². The second-order valence-corrected chi connectivity index (χ2v) is 10.2. The average molecular weight is 520 g/mol. The molecule has 0 unspecified atom stereocenters. The molecule has 8 nitrogen and oxygen atoms in total. The minimum absolute atomic E-state index is 0.256. The zero-order valence-electron chi connectivity index (χ0n) is 23.2. The number of amides is 1. The number of anilines is 4. The monoisotopic (exact) mass is 519 g/mol. The summed E-state index contributed by atoms with van der Waals surface area (Å²) in [6.07, 6.45) is 1.73. The molecule has 1 amide bonds. The number of aryl methyl sites for hydroxylation is 2. The van der Waals surface area contributed by atoms with Crippen molar-refractivity contribution in [3.63, 3.8) is 0 Å². The quantitative estimate of drug-likeness (QED) is 0.281. The third-order valence-corrected chi connectivity index (χ3v) is 6.61. The Morgan fingerprint density at radius 2 is 1.31 bits per heavy atom. The summed E-state index contributed by atoms with van der Waals surface area (Å²) in [6.45, 7) is 4.58. The van der Waals surface area contributed by atoms with E-state index >= 15 is 0 Å². The number of pyridine rings is 3. The molecule has 0 saturated heterocycles. The lowest BCUT2D eigenvalue weighted by Crippen LogP contribution is -2.14. The van der Waals surface area contributed by atoms with Crippen LogP contribution in [0.5, 0.6) is 0 Å². The van der Waals surface area contributed by atoms with Crippen molar-refractivity contribution in [3.8, 4) is 0 Å². The molecule has 0 radical (unpaired) electrons. The molecule has 2 aromatic carbocycles. The Balaban J connectivity index is 1.27. The highest BCUT2D eigenvalue weighted by molar-refractivity contribution is 6.04. The molecule has 39 heavy (non-hydrogen) atoms. The number of nitrogens with zero attached hydrogens (tertiary/aromatic N) is 5. The Morgan fingerprint density at radius 3 is 1.85 bits per heavy atom. The number of carbonyl (C=O) groups is 1. The Morgan fingerprint density at radius 1 is 0.744 bits per heavy atom. The summed E-state index contributed by atoms with van der Waals surface area (Å²) in [5.41, 5.74) is 9.03. The van der Waals surface area contributed by atoms with Gasteiger partial charge in [-0.25, -0.2) is 0 Å². The van der Waals surface area contributed by atoms with Crippen LogP contribution in [0.15, 0.2) is 66.9 Å². The molecule has 0 spiro atoms. The van der Waals surface area contributed by atoms with Gasteiger partial charge in [0, 0.05) is 85.8 Å². The lowest BCUT2D eigenvalue weighted by atomic mass is 10.1. The Hall–Kier alpha value is -4.72. The summed E-state index contributed by atoms with van der Waals surface area (Å²) < 4.78 is 0. The van der Waals surface area contributed by atoms with Gasteiger partial charge in [-0.05, 0) is 74.0 Å². The molecule has 5 rings (SSSR count). The highest BCUT2D eigenvalue weighted by Crippen LogP contribution is 2.29. The Bertz CT molecular complexity index is 1680. The molecule has 0 aliphatic rings. The first-order valence-corrected chi connectivity index (χ1v) is 12.9. The van der Waals surface area contributed by atoms with E-state index in [0.717, 1.165) is 55.8 Å². The predicted octanol–water partition coefficient (Wildman–Crippen LogP) is 5.79. The van der Waals surface area contributed by atoms with Crippen LogP contribution in [0.1, 0.15) is 27.4 Å². The first-order valence-electron chi connectivity index (χ1n) is 12.9. The molecular formula is C31H33N7O. The van der Waals surface area contributed by atoms with Gasteiger partial charge in [0.1, 0.15) is 5.69 Å². The molecule has 3 aromatic heterocycles. The van der Waals surface area contributed by atoms with Crippen molar-refractivity contribution >= 4 is 50.5 Å². The number of benzene rings is 2. The zero-order valence-corrected chi connectivity index (χ0v) is 23.2. The lowest BCUT2D eigenvalue weighted by molar-refractivity contribution is 0.102. The summed E-state index contributed by atoms with van der Waals surface area (Å²) >= 11 is 0. The van der Waals surface area contributed by atoms with Crippen molar-refractivity contribution in [1.82, 2.24) is 15.0 Å². The van der Waals surface area contributed by atoms with Crippen LogP contribution in [-0.2, 0) is 6.54 Å². The minimum atomic E-state index is -0.256. The van der Waals surface area contributed by atoms with E-state index in [2.05, 4.69) is 42.6 Å². The maximum absolute atomic E-state index is 12.9. The lowest BCUT2D eigenvalue weighted by Gasteiger charge is -2.17. The molecule has 0 aliphatic heterocycles. The van der Waals surface area contributed by atoms with E-state index in [-0.39, 0.29) is 5.91 Å². The Labute approximate surface area is 228 Å². The number of rotatable bonds is 7. The standard InChI is InChI=1S/C31H33N7O/c1-19-13-29(37(3)4)24-15-22(8-11-26(24)34-19)32-17-21-7-10-28(33-18-21)31(39)36-23-9-12-27-25(16-23)30(38(5)6)14-20(2)35-27/h7-16,18,32H,17H2,1-6H3,(H,36,39). The largest absolute Gasteiger partial charge is 0.381 e. The van der Waals surface area contributed by atoms with Crippen molar-refractivity contribution in [3.05, 3.63) is 89.5 Å². The SMILES string of the molecule is Cc1cc(N(C)C)c2cc(NCc3ccc(C(=O)Nc4ccc5nc(C)cc(N(C)C)c5c4)nc3)ccc2n1. The molecule has 3 heterocycles. The van der Waals surface area contributed by atoms with Crippen molar-refractivity contribution in [2.24, 2.45) is 0 Å². The maximum atomic E-state index is 12.9. The number of fused-ring (bicyclic) bond motifs is 2. The van der Waals surface area contributed by atoms with Crippen LogP contribution in [-0.4, -0.2) is 49.0 Å². The van der Waals surface area contributed by atoms with E-state index in [4.69, 9.17) is 0 Å². The van der Waals surface area contributed by atoms with Gasteiger partial charge >= 0.3 is 0 Å². The summed E-state index contributed by atoms with van der Waals surface area (Å²) in [5, 5.41) is 8.51. The van der Waals surface area contributed by atoms with Crippen LogP contribution in [0.25, 0.3) is 21.8 Å². The molecule has 0 saturated carbocycles. The van der Waals surface area contributed by atoms with E-state index < -0.39 is 0 Å². The van der Waals surface area contributed by atoms with Crippen molar-refractivity contribution < 1.29 is 4.79 Å². The Kier molecular flexibility index (Phi) is 7.02. The minimum Gasteiger partial charge on any atom is -0.381 e. The molecular weight excluding hydrogens is 486 g/mol. The summed E-state index contributed by atoms with van der Waals surface area (Å²) in [7, 11) is 8.07. The van der Waals surface area contributed by atoms with E-state index in [1.54, 1.807) is 12.3 Å². The van der Waals surface area contributed by atoms with Gasteiger partial charge in [0.15, 0.2) is 0 Å². The molecule has 2 N–H and O–H groups in total. The fourth-order valence-corrected chi connectivity index (χ4v) is 4.66. The second kappa shape index (κ2) is 10.6. The van der Waals surface area contributed by atoms with Gasteiger partial charge in [-0.1, -0.05) is 6.07 Å². The normalized spacial score (nSPS) is 11.0. The van der Waals surface area contributed by atoms with E-state index in [0.29, 0.717) is 17.9 Å². The fourth-order valence-electron chi connectivity index (χ4n) is 4.66. The van der Waals surface area contributed by atoms with Gasteiger partial charge in [-0.2, -0.15) is 0 Å². The van der Waals surface area contributed by atoms with Gasteiger partial charge in [0.2, 0.25) is 0 Å². The third-order valence-electron chi connectivity index (χ3n) is 6.61. The molecule has 5 aromatic rings. The number of carbonyl (C=O) groups excluding carboxylic acids is 1. The zero-order chi connectivity index (χ0) is 27.7. The molecule has 198 valence electrons. The molecule has 0 aliphatic carbocycles. The highest BCUT2D eigenvalue weighted by atomic mass is 16.1. The maximum Gasteiger partial charge on any atom is 0.274 e. The second-order valence-electron chi connectivity index (χ2n) is 10.2. The fraction of sp³-hybridized carbons (Fsp3) is 0.226. The first kappa shape index (κ1) is 25.9. The number of hydrogen-bond acceptors (Lipinski definition) is 7. The van der Waals surface area contributed by atoms with E-state index in [1.807, 2.05) is 89.4 Å². The van der Waals surface area contributed by atoms with Gasteiger partial charge in [-0.15, -0.1) is 0 Å². The van der Waals surface area contributed by atoms with E-state index in [1.165, 1.54) is 0 Å². The summed E-state index contributed by atoms with van der Waals surface area (Å²) in [6, 6.07) is 19.7. The smallest absolute Gasteiger partial charge is 0.274 e. The summed E-state index contributed by atoms with van der Waals surface area (Å²) in [5.74, 6) is -0.256. The molecule has 0 atom stereocenters. The van der Waals surface area contributed by atoms with Crippen LogP contribution in [0.3, 0.4) is 0 Å². The number of aromatic nitrogens is 3. The topological polar surface area (TPSA) is 86.3 Å².